The minimum atomic E-state index is -0.641. The lowest BCUT2D eigenvalue weighted by atomic mass is 10.2. The topological polar surface area (TPSA) is 52.6 Å². The van der Waals surface area contributed by atoms with Crippen LogP contribution in [-0.4, -0.2) is 18.0 Å². The third kappa shape index (κ3) is 3.73. The molecule has 0 fully saturated rings. The highest BCUT2D eigenvalue weighted by molar-refractivity contribution is 5.89. The molecule has 0 bridgehead atoms. The molecular weight excluding hydrogens is 208 g/mol. The summed E-state index contributed by atoms with van der Waals surface area (Å²) in [6, 6.07) is 6.09. The Kier molecular flexibility index (Phi) is 4.05. The van der Waals surface area contributed by atoms with E-state index in [0.29, 0.717) is 11.3 Å². The van der Waals surface area contributed by atoms with Crippen molar-refractivity contribution in [2.24, 2.45) is 0 Å². The van der Waals surface area contributed by atoms with Crippen molar-refractivity contribution < 1.29 is 19.1 Å². The van der Waals surface area contributed by atoms with E-state index in [1.54, 1.807) is 13.8 Å². The van der Waals surface area contributed by atoms with Gasteiger partial charge < -0.3 is 9.47 Å². The van der Waals surface area contributed by atoms with Gasteiger partial charge in [-0.3, -0.25) is 4.79 Å². The van der Waals surface area contributed by atoms with Gasteiger partial charge in [0.1, 0.15) is 5.75 Å². The van der Waals surface area contributed by atoms with E-state index < -0.39 is 11.9 Å². The smallest absolute Gasteiger partial charge is 0.338 e. The molecule has 0 saturated carbocycles. The van der Waals surface area contributed by atoms with E-state index in [2.05, 4.69) is 6.92 Å². The summed E-state index contributed by atoms with van der Waals surface area (Å²) in [5, 5.41) is 0. The largest absolute Gasteiger partial charge is 0.459 e. The number of esters is 2. The average molecular weight is 221 g/mol. The molecule has 0 spiro atoms. The van der Waals surface area contributed by atoms with E-state index in [0.717, 1.165) is 0 Å². The third-order valence-corrected chi connectivity index (χ3v) is 1.66. The molecule has 0 amide bonds. The molecule has 85 valence electrons. The van der Waals surface area contributed by atoms with Crippen LogP contribution in [0.1, 0.15) is 24.2 Å². The van der Waals surface area contributed by atoms with E-state index >= 15 is 0 Å². The minimum Gasteiger partial charge on any atom is -0.459 e. The number of hydrogen-bond donors (Lipinski definition) is 0. The summed E-state index contributed by atoms with van der Waals surface area (Å²) in [5.74, 6) is -0.693. The van der Waals surface area contributed by atoms with Crippen molar-refractivity contribution in [1.29, 1.82) is 0 Å². The molecule has 0 heterocycles. The fraction of sp³-hybridized carbons (Fsp3) is 0.250. The van der Waals surface area contributed by atoms with Crippen LogP contribution >= 0.6 is 0 Å². The maximum Gasteiger partial charge on any atom is 0.338 e. The zero-order valence-corrected chi connectivity index (χ0v) is 9.23. The van der Waals surface area contributed by atoms with Crippen LogP contribution in [0.5, 0.6) is 5.75 Å². The Morgan fingerprint density at radius 2 is 1.75 bits per heavy atom. The van der Waals surface area contributed by atoms with Gasteiger partial charge in [-0.05, 0) is 38.1 Å². The van der Waals surface area contributed by atoms with Gasteiger partial charge in [0, 0.05) is 0 Å². The Labute approximate surface area is 94.2 Å². The molecule has 0 atom stereocenters. The maximum atomic E-state index is 11.4. The molecule has 16 heavy (non-hydrogen) atoms. The van der Waals surface area contributed by atoms with Crippen molar-refractivity contribution in [2.75, 3.05) is 0 Å². The maximum absolute atomic E-state index is 11.4. The summed E-state index contributed by atoms with van der Waals surface area (Å²) in [6.07, 6.45) is -0.162. The first-order valence-corrected chi connectivity index (χ1v) is 4.84. The summed E-state index contributed by atoms with van der Waals surface area (Å²) in [7, 11) is 0. The lowest BCUT2D eigenvalue weighted by molar-refractivity contribution is -0.129. The molecule has 0 N–H and O–H groups in total. The Hall–Kier alpha value is -1.84. The van der Waals surface area contributed by atoms with Gasteiger partial charge >= 0.3 is 11.9 Å². The first kappa shape index (κ1) is 12.2. The van der Waals surface area contributed by atoms with Crippen molar-refractivity contribution in [1.82, 2.24) is 0 Å². The highest BCUT2D eigenvalue weighted by atomic mass is 16.5. The predicted octanol–water partition coefficient (Wildman–Crippen LogP) is 1.99. The predicted molar refractivity (Wildman–Crippen MR) is 58.0 cm³/mol. The molecule has 1 rings (SSSR count). The van der Waals surface area contributed by atoms with Crippen LogP contribution < -0.4 is 4.74 Å². The summed E-state index contributed by atoms with van der Waals surface area (Å²) < 4.78 is 9.73. The normalized spacial score (nSPS) is 10.0. The summed E-state index contributed by atoms with van der Waals surface area (Å²) in [4.78, 5) is 22.0. The summed E-state index contributed by atoms with van der Waals surface area (Å²) >= 11 is 0. The molecule has 1 aromatic rings. The monoisotopic (exact) mass is 221 g/mol. The van der Waals surface area contributed by atoms with Crippen molar-refractivity contribution >= 4 is 11.9 Å². The second-order valence-electron chi connectivity index (χ2n) is 3.45. The van der Waals surface area contributed by atoms with Crippen LogP contribution in [0.2, 0.25) is 0 Å². The molecule has 1 radical (unpaired) electrons. The fourth-order valence-electron chi connectivity index (χ4n) is 1.07. The first-order valence-electron chi connectivity index (χ1n) is 4.84. The average Bonchev–Trinajstić information content (AvgIpc) is 2.16. The summed E-state index contributed by atoms with van der Waals surface area (Å²) in [6.45, 7) is 6.63. The number of carbonyl (C=O) groups is 2. The lowest BCUT2D eigenvalue weighted by Gasteiger charge is -2.08. The molecular formula is C12H13O4. The van der Waals surface area contributed by atoms with E-state index in [1.807, 2.05) is 0 Å². The molecule has 0 aliphatic carbocycles. The molecule has 1 aromatic carbocycles. The van der Waals surface area contributed by atoms with E-state index in [4.69, 9.17) is 9.47 Å². The Morgan fingerprint density at radius 1 is 1.19 bits per heavy atom. The molecule has 0 saturated heterocycles. The number of ether oxygens (including phenoxy) is 2. The van der Waals surface area contributed by atoms with E-state index in [-0.39, 0.29) is 6.10 Å². The standard InChI is InChI=1S/C12H13O4/c1-8(2)15-12(14)10-4-6-11(7-5-10)16-9(3)13/h4-8H,3H2,1-2H3. The van der Waals surface area contributed by atoms with Crippen LogP contribution in [0.4, 0.5) is 0 Å². The second-order valence-corrected chi connectivity index (χ2v) is 3.45. The van der Waals surface area contributed by atoms with Crippen LogP contribution in [0.15, 0.2) is 24.3 Å². The lowest BCUT2D eigenvalue weighted by Crippen LogP contribution is -2.11. The molecule has 0 aliphatic heterocycles. The fourth-order valence-corrected chi connectivity index (χ4v) is 1.07. The third-order valence-electron chi connectivity index (χ3n) is 1.66. The zero-order chi connectivity index (χ0) is 12.1. The van der Waals surface area contributed by atoms with Gasteiger partial charge in [0.05, 0.1) is 18.6 Å². The zero-order valence-electron chi connectivity index (χ0n) is 9.23. The van der Waals surface area contributed by atoms with Gasteiger partial charge in [0.25, 0.3) is 0 Å². The van der Waals surface area contributed by atoms with Crippen LogP contribution in [0.3, 0.4) is 0 Å². The second kappa shape index (κ2) is 5.30. The Bertz CT molecular complexity index is 379. The molecule has 4 nitrogen and oxygen atoms in total. The summed E-state index contributed by atoms with van der Waals surface area (Å²) in [5.41, 5.74) is 0.414. The van der Waals surface area contributed by atoms with Crippen LogP contribution in [0.25, 0.3) is 0 Å². The van der Waals surface area contributed by atoms with Gasteiger partial charge in [-0.1, -0.05) is 0 Å². The molecule has 0 aromatic heterocycles. The number of rotatable bonds is 3. The highest BCUT2D eigenvalue weighted by Crippen LogP contribution is 2.13. The van der Waals surface area contributed by atoms with Gasteiger partial charge in [-0.15, -0.1) is 0 Å². The number of benzene rings is 1. The molecule has 0 unspecified atom stereocenters. The molecule has 0 aliphatic rings. The minimum absolute atomic E-state index is 0.162. The van der Waals surface area contributed by atoms with Crippen LogP contribution in [0, 0.1) is 6.92 Å². The van der Waals surface area contributed by atoms with Gasteiger partial charge in [0.15, 0.2) is 0 Å². The van der Waals surface area contributed by atoms with Crippen molar-refractivity contribution in [3.8, 4) is 5.75 Å². The van der Waals surface area contributed by atoms with Crippen molar-refractivity contribution in [3.05, 3.63) is 36.8 Å². The highest BCUT2D eigenvalue weighted by Gasteiger charge is 2.09. The van der Waals surface area contributed by atoms with Crippen LogP contribution in [-0.2, 0) is 9.53 Å². The Morgan fingerprint density at radius 3 is 2.19 bits per heavy atom. The van der Waals surface area contributed by atoms with Gasteiger partial charge in [-0.25, -0.2) is 4.79 Å². The van der Waals surface area contributed by atoms with Crippen molar-refractivity contribution in [3.63, 3.8) is 0 Å². The van der Waals surface area contributed by atoms with E-state index in [1.165, 1.54) is 24.3 Å². The number of carbonyl (C=O) groups excluding carboxylic acids is 2. The van der Waals surface area contributed by atoms with Crippen molar-refractivity contribution in [2.45, 2.75) is 20.0 Å². The molecule has 4 heteroatoms. The SMILES string of the molecule is [CH2]C(=O)Oc1ccc(C(=O)OC(C)C)cc1. The first-order chi connectivity index (χ1) is 7.49. The van der Waals surface area contributed by atoms with Gasteiger partial charge in [0.2, 0.25) is 0 Å². The van der Waals surface area contributed by atoms with Gasteiger partial charge in [-0.2, -0.15) is 0 Å². The van der Waals surface area contributed by atoms with E-state index in [9.17, 15) is 9.59 Å². The quantitative estimate of drug-likeness (QED) is 0.578. The Balaban J connectivity index is 2.71. The number of hydrogen-bond acceptors (Lipinski definition) is 4.